The number of guanidine groups is 1. The van der Waals surface area contributed by atoms with E-state index in [1.54, 1.807) is 18.4 Å². The van der Waals surface area contributed by atoms with Crippen LogP contribution < -0.4 is 10.6 Å². The zero-order chi connectivity index (χ0) is 17.3. The Morgan fingerprint density at radius 2 is 1.88 bits per heavy atom. The minimum Gasteiger partial charge on any atom is -0.379 e. The Kier molecular flexibility index (Phi) is 6.85. The topological polar surface area (TPSA) is 48.9 Å². The van der Waals surface area contributed by atoms with Gasteiger partial charge in [0.2, 0.25) is 0 Å². The molecule has 1 aromatic heterocycles. The number of benzene rings is 1. The van der Waals surface area contributed by atoms with Crippen LogP contribution in [0.2, 0.25) is 0 Å². The molecule has 6 heteroatoms. The van der Waals surface area contributed by atoms with Gasteiger partial charge in [-0.2, -0.15) is 11.3 Å². The Morgan fingerprint density at radius 1 is 1.12 bits per heavy atom. The summed E-state index contributed by atoms with van der Waals surface area (Å²) in [6.45, 7) is 6.26. The minimum absolute atomic E-state index is 0.764. The fraction of sp³-hybridized carbons (Fsp3) is 0.421. The van der Waals surface area contributed by atoms with Gasteiger partial charge >= 0.3 is 0 Å². The van der Waals surface area contributed by atoms with Crippen LogP contribution in [0.25, 0.3) is 0 Å². The molecule has 0 unspecified atom stereocenters. The molecule has 0 atom stereocenters. The standard InChI is InChI=1S/C19H26N4OS/c1-20-19(22-13-18-5-10-25-15-18)21-12-16-3-2-4-17(11-16)14-23-6-8-24-9-7-23/h2-5,10-11,15H,6-9,12-14H2,1H3,(H2,20,21,22). The largest absolute Gasteiger partial charge is 0.379 e. The number of thiophene rings is 1. The summed E-state index contributed by atoms with van der Waals surface area (Å²) in [6.07, 6.45) is 0. The average molecular weight is 359 g/mol. The first-order valence-electron chi connectivity index (χ1n) is 8.67. The lowest BCUT2D eigenvalue weighted by Crippen LogP contribution is -2.36. The lowest BCUT2D eigenvalue weighted by molar-refractivity contribution is 0.0342. The van der Waals surface area contributed by atoms with Crippen molar-refractivity contribution in [2.45, 2.75) is 19.6 Å². The molecule has 1 saturated heterocycles. The summed E-state index contributed by atoms with van der Waals surface area (Å²) in [4.78, 5) is 6.74. The first-order valence-corrected chi connectivity index (χ1v) is 9.61. The normalized spacial score (nSPS) is 16.0. The molecule has 0 saturated carbocycles. The third-order valence-corrected chi connectivity index (χ3v) is 4.96. The van der Waals surface area contributed by atoms with E-state index in [4.69, 9.17) is 4.74 Å². The van der Waals surface area contributed by atoms with Gasteiger partial charge in [0, 0.05) is 39.8 Å². The fourth-order valence-corrected chi connectivity index (χ4v) is 3.51. The van der Waals surface area contributed by atoms with E-state index in [1.165, 1.54) is 16.7 Å². The van der Waals surface area contributed by atoms with Crippen molar-refractivity contribution >= 4 is 17.3 Å². The van der Waals surface area contributed by atoms with Crippen molar-refractivity contribution in [2.24, 2.45) is 4.99 Å². The molecule has 1 aliphatic heterocycles. The highest BCUT2D eigenvalue weighted by molar-refractivity contribution is 7.07. The first kappa shape index (κ1) is 17.9. The van der Waals surface area contributed by atoms with Crippen molar-refractivity contribution in [3.8, 4) is 0 Å². The van der Waals surface area contributed by atoms with Crippen LogP contribution in [-0.2, 0) is 24.4 Å². The van der Waals surface area contributed by atoms with Gasteiger partial charge in [-0.25, -0.2) is 0 Å². The number of nitrogens with zero attached hydrogens (tertiary/aromatic N) is 2. The van der Waals surface area contributed by atoms with Crippen LogP contribution >= 0.6 is 11.3 Å². The summed E-state index contributed by atoms with van der Waals surface area (Å²) in [7, 11) is 1.80. The molecule has 1 aliphatic rings. The molecule has 1 fully saturated rings. The highest BCUT2D eigenvalue weighted by atomic mass is 32.1. The lowest BCUT2D eigenvalue weighted by atomic mass is 10.1. The Balaban J connectivity index is 1.48. The zero-order valence-electron chi connectivity index (χ0n) is 14.7. The number of hydrogen-bond acceptors (Lipinski definition) is 4. The van der Waals surface area contributed by atoms with E-state index in [0.29, 0.717) is 0 Å². The Morgan fingerprint density at radius 3 is 2.60 bits per heavy atom. The van der Waals surface area contributed by atoms with Crippen molar-refractivity contribution < 1.29 is 4.74 Å². The monoisotopic (exact) mass is 358 g/mol. The van der Waals surface area contributed by atoms with E-state index in [1.807, 2.05) is 0 Å². The van der Waals surface area contributed by atoms with E-state index >= 15 is 0 Å². The summed E-state index contributed by atoms with van der Waals surface area (Å²) >= 11 is 1.71. The maximum Gasteiger partial charge on any atom is 0.191 e. The molecular formula is C19H26N4OS. The second kappa shape index (κ2) is 9.56. The van der Waals surface area contributed by atoms with Crippen LogP contribution in [0.4, 0.5) is 0 Å². The second-order valence-electron chi connectivity index (χ2n) is 6.12. The van der Waals surface area contributed by atoms with Gasteiger partial charge in [-0.1, -0.05) is 24.3 Å². The van der Waals surface area contributed by atoms with Gasteiger partial charge in [0.15, 0.2) is 5.96 Å². The quantitative estimate of drug-likeness (QED) is 0.615. The van der Waals surface area contributed by atoms with E-state index < -0.39 is 0 Å². The van der Waals surface area contributed by atoms with E-state index in [-0.39, 0.29) is 0 Å². The molecule has 3 rings (SSSR count). The van der Waals surface area contributed by atoms with Gasteiger partial charge in [-0.05, 0) is 33.5 Å². The van der Waals surface area contributed by atoms with Crippen molar-refractivity contribution in [3.63, 3.8) is 0 Å². The van der Waals surface area contributed by atoms with Crippen molar-refractivity contribution in [1.82, 2.24) is 15.5 Å². The van der Waals surface area contributed by atoms with Gasteiger partial charge < -0.3 is 15.4 Å². The highest BCUT2D eigenvalue weighted by Gasteiger charge is 2.10. The summed E-state index contributed by atoms with van der Waals surface area (Å²) in [5.41, 5.74) is 3.90. The van der Waals surface area contributed by atoms with Crippen LogP contribution in [0.1, 0.15) is 16.7 Å². The molecule has 0 spiro atoms. The predicted molar refractivity (Wildman–Crippen MR) is 104 cm³/mol. The molecule has 0 aliphatic carbocycles. The SMILES string of the molecule is CN=C(NCc1ccsc1)NCc1cccc(CN2CCOCC2)c1. The third kappa shape index (κ3) is 5.85. The van der Waals surface area contributed by atoms with Gasteiger partial charge in [-0.15, -0.1) is 0 Å². The molecule has 5 nitrogen and oxygen atoms in total. The Labute approximate surface area is 153 Å². The summed E-state index contributed by atoms with van der Waals surface area (Å²) < 4.78 is 5.42. The second-order valence-corrected chi connectivity index (χ2v) is 6.90. The van der Waals surface area contributed by atoms with Crippen molar-refractivity contribution in [2.75, 3.05) is 33.4 Å². The Bertz CT molecular complexity index is 666. The maximum atomic E-state index is 5.42. The zero-order valence-corrected chi connectivity index (χ0v) is 15.5. The van der Waals surface area contributed by atoms with Crippen LogP contribution in [0.3, 0.4) is 0 Å². The van der Waals surface area contributed by atoms with Crippen LogP contribution in [0, 0.1) is 0 Å². The molecule has 2 N–H and O–H groups in total. The number of morpholine rings is 1. The summed E-state index contributed by atoms with van der Waals surface area (Å²) in [6, 6.07) is 10.9. The molecule has 25 heavy (non-hydrogen) atoms. The van der Waals surface area contributed by atoms with Gasteiger partial charge in [0.1, 0.15) is 0 Å². The molecule has 2 aromatic rings. The smallest absolute Gasteiger partial charge is 0.191 e. The van der Waals surface area contributed by atoms with E-state index in [0.717, 1.165) is 51.9 Å². The van der Waals surface area contributed by atoms with Crippen molar-refractivity contribution in [1.29, 1.82) is 0 Å². The maximum absolute atomic E-state index is 5.42. The lowest BCUT2D eigenvalue weighted by Gasteiger charge is -2.26. The summed E-state index contributed by atoms with van der Waals surface area (Å²) in [5, 5.41) is 11.0. The molecule has 0 amide bonds. The van der Waals surface area contributed by atoms with E-state index in [2.05, 4.69) is 61.6 Å². The van der Waals surface area contributed by atoms with Gasteiger partial charge in [0.25, 0.3) is 0 Å². The fourth-order valence-electron chi connectivity index (χ4n) is 2.84. The van der Waals surface area contributed by atoms with Crippen LogP contribution in [0.5, 0.6) is 0 Å². The third-order valence-electron chi connectivity index (χ3n) is 4.22. The average Bonchev–Trinajstić information content (AvgIpc) is 3.17. The minimum atomic E-state index is 0.764. The molecule has 2 heterocycles. The molecule has 134 valence electrons. The van der Waals surface area contributed by atoms with Crippen LogP contribution in [0.15, 0.2) is 46.1 Å². The predicted octanol–water partition coefficient (Wildman–Crippen LogP) is 2.45. The number of nitrogens with one attached hydrogen (secondary N) is 2. The number of ether oxygens (including phenoxy) is 1. The van der Waals surface area contributed by atoms with Gasteiger partial charge in [0.05, 0.1) is 13.2 Å². The van der Waals surface area contributed by atoms with Crippen molar-refractivity contribution in [3.05, 3.63) is 57.8 Å². The number of rotatable bonds is 6. The molecule has 1 aromatic carbocycles. The molecule has 0 radical (unpaired) electrons. The van der Waals surface area contributed by atoms with Crippen LogP contribution in [-0.4, -0.2) is 44.2 Å². The number of hydrogen-bond donors (Lipinski definition) is 2. The van der Waals surface area contributed by atoms with Gasteiger partial charge in [-0.3, -0.25) is 9.89 Å². The number of aliphatic imine (C=N–C) groups is 1. The van der Waals surface area contributed by atoms with E-state index in [9.17, 15) is 0 Å². The highest BCUT2D eigenvalue weighted by Crippen LogP contribution is 2.10. The summed E-state index contributed by atoms with van der Waals surface area (Å²) in [5.74, 6) is 0.824. The first-order chi connectivity index (χ1) is 12.3. The molecule has 0 bridgehead atoms. The Hall–Kier alpha value is -1.89. The molecular weight excluding hydrogens is 332 g/mol.